The molecule has 0 saturated carbocycles. The molecule has 33 heavy (non-hydrogen) atoms. The second-order valence-electron chi connectivity index (χ2n) is 7.91. The summed E-state index contributed by atoms with van der Waals surface area (Å²) < 4.78 is 5.43. The molecule has 3 heterocycles. The number of nitrogens with zero attached hydrogens (tertiary/aromatic N) is 4. The largest absolute Gasteiger partial charge is 0.496 e. The Labute approximate surface area is 196 Å². The molecule has 1 aliphatic rings. The van der Waals surface area contributed by atoms with Crippen molar-refractivity contribution in [3.63, 3.8) is 0 Å². The molecule has 0 spiro atoms. The van der Waals surface area contributed by atoms with E-state index in [2.05, 4.69) is 31.2 Å². The lowest BCUT2D eigenvalue weighted by atomic mass is 10.0. The highest BCUT2D eigenvalue weighted by Gasteiger charge is 2.19. The highest BCUT2D eigenvalue weighted by molar-refractivity contribution is 7.14. The van der Waals surface area contributed by atoms with Crippen LogP contribution < -0.4 is 15.0 Å². The van der Waals surface area contributed by atoms with Crippen LogP contribution in [-0.4, -0.2) is 54.1 Å². The van der Waals surface area contributed by atoms with Crippen LogP contribution in [0.5, 0.6) is 5.75 Å². The summed E-state index contributed by atoms with van der Waals surface area (Å²) in [6, 6.07) is 17.4. The maximum absolute atomic E-state index is 13.0. The molecular weight excluding hydrogens is 434 g/mol. The molecule has 4 aromatic rings. The topological polar surface area (TPSA) is 70.6 Å². The summed E-state index contributed by atoms with van der Waals surface area (Å²) in [5.41, 5.74) is 1.58. The summed E-state index contributed by atoms with van der Waals surface area (Å²) in [6.45, 7) is 4.56. The molecule has 0 atom stereocenters. The molecular formula is C25H25N5O2S. The van der Waals surface area contributed by atoms with Crippen LogP contribution >= 0.6 is 11.3 Å². The monoisotopic (exact) mass is 459 g/mol. The molecule has 0 radical (unpaired) electrons. The van der Waals surface area contributed by atoms with Gasteiger partial charge in [0.15, 0.2) is 5.13 Å². The van der Waals surface area contributed by atoms with E-state index >= 15 is 0 Å². The number of piperazine rings is 1. The Morgan fingerprint density at radius 3 is 2.58 bits per heavy atom. The lowest BCUT2D eigenvalue weighted by Gasteiger charge is -2.35. The van der Waals surface area contributed by atoms with E-state index in [1.165, 1.54) is 11.3 Å². The Hall–Kier alpha value is -3.49. The fourth-order valence-electron chi connectivity index (χ4n) is 4.15. The number of methoxy groups -OCH3 is 1. The van der Waals surface area contributed by atoms with E-state index in [1.54, 1.807) is 13.2 Å². The number of aromatic nitrogens is 2. The van der Waals surface area contributed by atoms with Gasteiger partial charge in [-0.2, -0.15) is 0 Å². The average Bonchev–Trinajstić information content (AvgIpc) is 3.30. The van der Waals surface area contributed by atoms with E-state index in [1.807, 2.05) is 54.0 Å². The van der Waals surface area contributed by atoms with E-state index in [0.717, 1.165) is 60.8 Å². The van der Waals surface area contributed by atoms with Crippen LogP contribution in [0.1, 0.15) is 16.1 Å². The lowest BCUT2D eigenvalue weighted by Crippen LogP contribution is -2.46. The number of thiazole rings is 1. The maximum Gasteiger partial charge on any atom is 0.258 e. The number of ether oxygens (including phenoxy) is 1. The molecule has 1 fully saturated rings. The lowest BCUT2D eigenvalue weighted by molar-refractivity contribution is 0.102. The van der Waals surface area contributed by atoms with Gasteiger partial charge in [0.25, 0.3) is 5.91 Å². The number of anilines is 2. The highest BCUT2D eigenvalue weighted by atomic mass is 32.1. The fraction of sp³-hybridized carbons (Fsp3) is 0.240. The molecule has 1 amide bonds. The number of fused-ring (bicyclic) bond motifs is 1. The van der Waals surface area contributed by atoms with Crippen LogP contribution in [-0.2, 0) is 6.54 Å². The minimum Gasteiger partial charge on any atom is -0.496 e. The first kappa shape index (κ1) is 21.4. The zero-order valence-corrected chi connectivity index (χ0v) is 19.2. The summed E-state index contributed by atoms with van der Waals surface area (Å²) in [5.74, 6) is 1.61. The quantitative estimate of drug-likeness (QED) is 0.464. The second-order valence-corrected chi connectivity index (χ2v) is 8.77. The smallest absolute Gasteiger partial charge is 0.258 e. The molecule has 0 bridgehead atoms. The second kappa shape index (κ2) is 9.56. The van der Waals surface area contributed by atoms with Crippen LogP contribution in [0.25, 0.3) is 10.8 Å². The van der Waals surface area contributed by atoms with Crippen LogP contribution in [0.3, 0.4) is 0 Å². The number of rotatable bonds is 6. The van der Waals surface area contributed by atoms with Crippen molar-refractivity contribution in [2.75, 3.05) is 43.5 Å². The number of hydrogen-bond donors (Lipinski definition) is 1. The predicted octanol–water partition coefficient (Wildman–Crippen LogP) is 4.27. The fourth-order valence-corrected chi connectivity index (χ4v) is 4.85. The van der Waals surface area contributed by atoms with Gasteiger partial charge in [0.1, 0.15) is 11.6 Å². The molecule has 1 N–H and O–H groups in total. The molecule has 168 valence electrons. The molecule has 2 aromatic carbocycles. The van der Waals surface area contributed by atoms with Gasteiger partial charge in [-0.3, -0.25) is 15.0 Å². The van der Waals surface area contributed by atoms with Crippen molar-refractivity contribution in [3.05, 3.63) is 77.4 Å². The van der Waals surface area contributed by atoms with Crippen molar-refractivity contribution in [3.8, 4) is 5.75 Å². The number of carbonyl (C=O) groups is 1. The number of pyridine rings is 1. The maximum atomic E-state index is 13.0. The third-order valence-corrected chi connectivity index (χ3v) is 6.66. The standard InChI is InChI=1S/C25H25N5O2S/c1-32-22-10-9-21(19-6-2-3-7-20(19)22)24(31)28-25-27-18(17-33-25)16-29-12-14-30(15-13-29)23-8-4-5-11-26-23/h2-11,17H,12-16H2,1H3,(H,27,28,31). The van der Waals surface area contributed by atoms with Gasteiger partial charge in [-0.1, -0.05) is 30.3 Å². The van der Waals surface area contributed by atoms with Crippen molar-refractivity contribution in [2.45, 2.75) is 6.54 Å². The van der Waals surface area contributed by atoms with Gasteiger partial charge in [0.05, 0.1) is 12.8 Å². The van der Waals surface area contributed by atoms with Gasteiger partial charge in [0.2, 0.25) is 0 Å². The van der Waals surface area contributed by atoms with Crippen LogP contribution in [0, 0.1) is 0 Å². The van der Waals surface area contributed by atoms with Gasteiger partial charge in [0, 0.05) is 55.3 Å². The summed E-state index contributed by atoms with van der Waals surface area (Å²) in [5, 5.41) is 7.37. The molecule has 7 nitrogen and oxygen atoms in total. The van der Waals surface area contributed by atoms with E-state index in [-0.39, 0.29) is 5.91 Å². The van der Waals surface area contributed by atoms with E-state index < -0.39 is 0 Å². The SMILES string of the molecule is COc1ccc(C(=O)Nc2nc(CN3CCN(c4ccccn4)CC3)cs2)c2ccccc12. The Kier molecular flexibility index (Phi) is 6.19. The number of carbonyl (C=O) groups excluding carboxylic acids is 1. The molecule has 0 unspecified atom stereocenters. The van der Waals surface area contributed by atoms with Crippen LogP contribution in [0.4, 0.5) is 10.9 Å². The molecule has 0 aliphatic carbocycles. The Morgan fingerprint density at radius 1 is 1.03 bits per heavy atom. The molecule has 2 aromatic heterocycles. The Bertz CT molecular complexity index is 1250. The number of hydrogen-bond acceptors (Lipinski definition) is 7. The average molecular weight is 460 g/mol. The van der Waals surface area contributed by atoms with Gasteiger partial charge < -0.3 is 9.64 Å². The third kappa shape index (κ3) is 4.67. The van der Waals surface area contributed by atoms with Gasteiger partial charge >= 0.3 is 0 Å². The van der Waals surface area contributed by atoms with Crippen LogP contribution in [0.15, 0.2) is 66.2 Å². The summed E-state index contributed by atoms with van der Waals surface area (Å²) in [7, 11) is 1.64. The molecule has 1 saturated heterocycles. The first-order valence-corrected chi connectivity index (χ1v) is 11.8. The van der Waals surface area contributed by atoms with Gasteiger partial charge in [-0.15, -0.1) is 11.3 Å². The minimum atomic E-state index is -0.168. The van der Waals surface area contributed by atoms with Crippen molar-refractivity contribution < 1.29 is 9.53 Å². The molecule has 1 aliphatic heterocycles. The van der Waals surface area contributed by atoms with Gasteiger partial charge in [-0.05, 0) is 29.7 Å². The zero-order valence-electron chi connectivity index (χ0n) is 18.4. The summed E-state index contributed by atoms with van der Waals surface area (Å²) in [6.07, 6.45) is 1.83. The number of nitrogens with one attached hydrogen (secondary N) is 1. The van der Waals surface area contributed by atoms with Crippen molar-refractivity contribution in [1.29, 1.82) is 0 Å². The third-order valence-electron chi connectivity index (χ3n) is 5.85. The summed E-state index contributed by atoms with van der Waals surface area (Å²) in [4.78, 5) is 26.8. The van der Waals surface area contributed by atoms with E-state index in [0.29, 0.717) is 10.7 Å². The molecule has 8 heteroatoms. The highest BCUT2D eigenvalue weighted by Crippen LogP contribution is 2.29. The van der Waals surface area contributed by atoms with Gasteiger partial charge in [-0.25, -0.2) is 9.97 Å². The van der Waals surface area contributed by atoms with Crippen molar-refractivity contribution in [2.24, 2.45) is 0 Å². The minimum absolute atomic E-state index is 0.168. The number of amides is 1. The summed E-state index contributed by atoms with van der Waals surface area (Å²) >= 11 is 1.46. The van der Waals surface area contributed by atoms with E-state index in [4.69, 9.17) is 4.74 Å². The van der Waals surface area contributed by atoms with Crippen LogP contribution in [0.2, 0.25) is 0 Å². The normalized spacial score (nSPS) is 14.4. The first-order valence-electron chi connectivity index (χ1n) is 10.9. The molecule has 5 rings (SSSR count). The zero-order chi connectivity index (χ0) is 22.6. The van der Waals surface area contributed by atoms with E-state index in [9.17, 15) is 4.79 Å². The Balaban J connectivity index is 1.21. The van der Waals surface area contributed by atoms with Crippen molar-refractivity contribution >= 4 is 39.0 Å². The number of benzene rings is 2. The first-order chi connectivity index (χ1) is 16.2. The van der Waals surface area contributed by atoms with Crippen molar-refractivity contribution in [1.82, 2.24) is 14.9 Å². The predicted molar refractivity (Wildman–Crippen MR) is 132 cm³/mol. The Morgan fingerprint density at radius 2 is 1.82 bits per heavy atom.